The minimum atomic E-state index is -1.99. The molecule has 4 rings (SSSR count). The number of rotatable bonds is 11. The Balaban J connectivity index is 1.54. The minimum Gasteiger partial charge on any atom is -0.394 e. The molecule has 0 saturated carbocycles. The van der Waals surface area contributed by atoms with Crippen molar-refractivity contribution in [3.05, 3.63) is 0 Å². The molecule has 4 heterocycles. The van der Waals surface area contributed by atoms with Gasteiger partial charge >= 0.3 is 0 Å². The van der Waals surface area contributed by atoms with E-state index < -0.39 is 143 Å². The molecule has 4 aliphatic rings. The lowest BCUT2D eigenvalue weighted by Gasteiger charge is -2.48. The molecule has 0 amide bonds. The fraction of sp³-hybridized carbons (Fsp3) is 1.00. The van der Waals surface area contributed by atoms with Crippen molar-refractivity contribution in [3.63, 3.8) is 0 Å². The van der Waals surface area contributed by atoms with Crippen LogP contribution in [0.3, 0.4) is 0 Å². The number of aliphatic hydroxyl groups is 11. The molecule has 20 heteroatoms. The highest BCUT2D eigenvalue weighted by molar-refractivity contribution is 4.96. The van der Waals surface area contributed by atoms with Gasteiger partial charge in [-0.1, -0.05) is 0 Å². The average molecular weight is 665 g/mol. The molecule has 45 heavy (non-hydrogen) atoms. The van der Waals surface area contributed by atoms with Gasteiger partial charge in [-0.3, -0.25) is 0 Å². The lowest BCUT2D eigenvalue weighted by molar-refractivity contribution is -0.386. The van der Waals surface area contributed by atoms with Crippen molar-refractivity contribution in [2.24, 2.45) is 0 Å². The largest absolute Gasteiger partial charge is 0.394 e. The molecule has 11 N–H and O–H groups in total. The Bertz CT molecular complexity index is 903. The van der Waals surface area contributed by atoms with E-state index in [9.17, 15) is 56.2 Å². The molecule has 0 spiro atoms. The van der Waals surface area contributed by atoms with Crippen molar-refractivity contribution >= 4 is 0 Å². The highest BCUT2D eigenvalue weighted by atomic mass is 16.8. The molecule has 4 saturated heterocycles. The third-order valence-corrected chi connectivity index (χ3v) is 8.29. The molecule has 4 aliphatic heterocycles. The van der Waals surface area contributed by atoms with E-state index in [2.05, 4.69) is 0 Å². The first kappa shape index (κ1) is 37.0. The number of methoxy groups -OCH3 is 2. The van der Waals surface area contributed by atoms with E-state index in [4.69, 9.17) is 42.6 Å². The Labute approximate surface area is 256 Å². The first-order chi connectivity index (χ1) is 21.4. The van der Waals surface area contributed by atoms with Crippen molar-refractivity contribution in [2.75, 3.05) is 40.6 Å². The third kappa shape index (κ3) is 7.76. The highest BCUT2D eigenvalue weighted by Crippen LogP contribution is 2.33. The summed E-state index contributed by atoms with van der Waals surface area (Å²) in [5.74, 6) is 0. The van der Waals surface area contributed by atoms with E-state index in [-0.39, 0.29) is 0 Å². The standard InChI is InChI=1S/C25H44O20/c1-37-18-12(30)8(3-26)42-24(16(18)34)40-6-10-14(32)20(44-25-17(35)19(38-2)13(31)9(4-27)43-25)21(22(36)41-10)45-23-15(33)11(29)7(28)5-39-23/h7-36H,3-6H2,1-2H3/t7-,8-,9-,10-,11+,12-,13-,14-,15-,16+,17+,18+,19+,20+,21+,22-,23+,24+,25-/m1/s1. The predicted molar refractivity (Wildman–Crippen MR) is 137 cm³/mol. The van der Waals surface area contributed by atoms with Crippen molar-refractivity contribution in [1.29, 1.82) is 0 Å². The second-order valence-corrected chi connectivity index (χ2v) is 11.2. The van der Waals surface area contributed by atoms with Crippen molar-refractivity contribution in [2.45, 2.75) is 117 Å². The van der Waals surface area contributed by atoms with Gasteiger partial charge in [0.25, 0.3) is 0 Å². The van der Waals surface area contributed by atoms with Crippen LogP contribution >= 0.6 is 0 Å². The second kappa shape index (κ2) is 16.1. The molecule has 0 aromatic rings. The zero-order valence-electron chi connectivity index (χ0n) is 24.4. The molecule has 0 radical (unpaired) electrons. The number of hydrogen-bond acceptors (Lipinski definition) is 20. The minimum absolute atomic E-state index is 0.469. The quantitative estimate of drug-likeness (QED) is 0.0977. The fourth-order valence-corrected chi connectivity index (χ4v) is 5.66. The van der Waals surface area contributed by atoms with Crippen LogP contribution in [-0.2, 0) is 42.6 Å². The first-order valence-electron chi connectivity index (χ1n) is 14.3. The zero-order chi connectivity index (χ0) is 33.2. The lowest BCUT2D eigenvalue weighted by atomic mass is 9.96. The predicted octanol–water partition coefficient (Wildman–Crippen LogP) is -7.80. The molecule has 20 nitrogen and oxygen atoms in total. The van der Waals surface area contributed by atoms with E-state index in [1.807, 2.05) is 0 Å². The van der Waals surface area contributed by atoms with Gasteiger partial charge in [-0.2, -0.15) is 0 Å². The van der Waals surface area contributed by atoms with Gasteiger partial charge < -0.3 is 98.8 Å². The highest BCUT2D eigenvalue weighted by Gasteiger charge is 2.54. The Kier molecular flexibility index (Phi) is 13.2. The second-order valence-electron chi connectivity index (χ2n) is 11.2. The van der Waals surface area contributed by atoms with Gasteiger partial charge in [0.15, 0.2) is 25.2 Å². The van der Waals surface area contributed by atoms with Crippen LogP contribution in [0.25, 0.3) is 0 Å². The third-order valence-electron chi connectivity index (χ3n) is 8.29. The molecule has 19 atom stereocenters. The molecule has 0 aromatic carbocycles. The monoisotopic (exact) mass is 664 g/mol. The van der Waals surface area contributed by atoms with Crippen LogP contribution in [0.5, 0.6) is 0 Å². The lowest BCUT2D eigenvalue weighted by Crippen LogP contribution is -2.66. The number of aliphatic hydroxyl groups excluding tert-OH is 11. The van der Waals surface area contributed by atoms with Crippen molar-refractivity contribution < 1.29 is 98.8 Å². The van der Waals surface area contributed by atoms with E-state index in [1.165, 1.54) is 14.2 Å². The Hall–Kier alpha value is -0.800. The van der Waals surface area contributed by atoms with Crippen LogP contribution in [-0.4, -0.2) is 214 Å². The summed E-state index contributed by atoms with van der Waals surface area (Å²) in [6.07, 6.45) is -29.8. The van der Waals surface area contributed by atoms with Gasteiger partial charge in [0.1, 0.15) is 91.6 Å². The number of hydrogen-bond donors (Lipinski definition) is 11. The van der Waals surface area contributed by atoms with E-state index in [0.29, 0.717) is 0 Å². The number of ether oxygens (including phenoxy) is 9. The van der Waals surface area contributed by atoms with Gasteiger partial charge in [0.2, 0.25) is 0 Å². The van der Waals surface area contributed by atoms with Crippen LogP contribution < -0.4 is 0 Å². The average Bonchev–Trinajstić information content (AvgIpc) is 3.02. The van der Waals surface area contributed by atoms with Crippen LogP contribution in [0.4, 0.5) is 0 Å². The summed E-state index contributed by atoms with van der Waals surface area (Å²) in [5.41, 5.74) is 0. The van der Waals surface area contributed by atoms with Crippen molar-refractivity contribution in [3.8, 4) is 0 Å². The molecular formula is C25H44O20. The molecule has 0 unspecified atom stereocenters. The molecule has 264 valence electrons. The molecule has 0 aliphatic carbocycles. The summed E-state index contributed by atoms with van der Waals surface area (Å²) >= 11 is 0. The topological polar surface area (TPSA) is 306 Å². The van der Waals surface area contributed by atoms with Gasteiger partial charge in [-0.15, -0.1) is 0 Å². The first-order valence-corrected chi connectivity index (χ1v) is 14.3. The SMILES string of the molecule is CO[C@@H]1[C@H](O)[C@@H](OC[C@H]2O[C@@H](O)[C@@H](O[C@@H]3OC[C@@H](O)[C@H](O)[C@H]3O)[C@@H](O[C@H]3O[C@H](CO)[C@@H](O)[C@H](OC)[C@@H]3O)[C@@H]2O)O[C@H](CO)[C@H]1O. The van der Waals surface area contributed by atoms with Crippen LogP contribution in [0.1, 0.15) is 0 Å². The molecular weight excluding hydrogens is 620 g/mol. The Morgan fingerprint density at radius 1 is 0.533 bits per heavy atom. The molecule has 0 aromatic heterocycles. The van der Waals surface area contributed by atoms with E-state index >= 15 is 0 Å². The van der Waals surface area contributed by atoms with E-state index in [1.54, 1.807) is 0 Å². The summed E-state index contributed by atoms with van der Waals surface area (Å²) in [4.78, 5) is 0. The smallest absolute Gasteiger partial charge is 0.187 e. The van der Waals surface area contributed by atoms with Gasteiger partial charge in [-0.05, 0) is 0 Å². The molecule has 4 fully saturated rings. The maximum absolute atomic E-state index is 11.4. The summed E-state index contributed by atoms with van der Waals surface area (Å²) < 4.78 is 48.9. The summed E-state index contributed by atoms with van der Waals surface area (Å²) in [6.45, 7) is -2.46. The van der Waals surface area contributed by atoms with Gasteiger partial charge in [0.05, 0.1) is 26.4 Å². The summed E-state index contributed by atoms with van der Waals surface area (Å²) in [5, 5.41) is 114. The van der Waals surface area contributed by atoms with Crippen LogP contribution in [0, 0.1) is 0 Å². The van der Waals surface area contributed by atoms with Crippen LogP contribution in [0.2, 0.25) is 0 Å². The Morgan fingerprint density at radius 3 is 1.60 bits per heavy atom. The van der Waals surface area contributed by atoms with Crippen LogP contribution in [0.15, 0.2) is 0 Å². The van der Waals surface area contributed by atoms with E-state index in [0.717, 1.165) is 0 Å². The Morgan fingerprint density at radius 2 is 1.04 bits per heavy atom. The summed E-state index contributed by atoms with van der Waals surface area (Å²) in [6, 6.07) is 0. The molecule has 0 bridgehead atoms. The normalized spacial score (nSPS) is 51.3. The van der Waals surface area contributed by atoms with Gasteiger partial charge in [0, 0.05) is 14.2 Å². The van der Waals surface area contributed by atoms with Gasteiger partial charge in [-0.25, -0.2) is 0 Å². The fourth-order valence-electron chi connectivity index (χ4n) is 5.66. The van der Waals surface area contributed by atoms with Crippen molar-refractivity contribution in [1.82, 2.24) is 0 Å². The summed E-state index contributed by atoms with van der Waals surface area (Å²) in [7, 11) is 2.39. The maximum Gasteiger partial charge on any atom is 0.187 e. The maximum atomic E-state index is 11.4. The zero-order valence-corrected chi connectivity index (χ0v) is 24.4.